The van der Waals surface area contributed by atoms with E-state index in [-0.39, 0.29) is 17.5 Å². The largest absolute Gasteiger partial charge is 0.459 e. The molecule has 1 rings (SSSR count). The van der Waals surface area contributed by atoms with Gasteiger partial charge in [-0.25, -0.2) is 17.9 Å². The van der Waals surface area contributed by atoms with E-state index in [1.807, 2.05) is 6.92 Å². The quantitative estimate of drug-likeness (QED) is 0.605. The molecule has 1 aromatic carbocycles. The number of carbonyl (C=O) groups excluding carboxylic acids is 2. The maximum absolute atomic E-state index is 12.1. The van der Waals surface area contributed by atoms with Crippen LogP contribution >= 0.6 is 0 Å². The lowest BCUT2D eigenvalue weighted by atomic mass is 10.3. The van der Waals surface area contributed by atoms with Gasteiger partial charge in [-0.15, -0.1) is 0 Å². The molecule has 0 saturated heterocycles. The molecule has 0 aliphatic heterocycles. The lowest BCUT2D eigenvalue weighted by Crippen LogP contribution is -2.32. The monoisotopic (exact) mass is 328 g/mol. The van der Waals surface area contributed by atoms with Gasteiger partial charge in [0.05, 0.1) is 11.5 Å². The third kappa shape index (κ3) is 5.12. The molecule has 0 unspecified atom stereocenters. The number of anilines is 1. The highest BCUT2D eigenvalue weighted by atomic mass is 32.2. The van der Waals surface area contributed by atoms with Crippen molar-refractivity contribution in [2.75, 3.05) is 11.9 Å². The Morgan fingerprint density at radius 1 is 1.18 bits per heavy atom. The second kappa shape index (κ2) is 7.90. The van der Waals surface area contributed by atoms with Gasteiger partial charge in [-0.1, -0.05) is 6.92 Å². The molecule has 0 radical (unpaired) electrons. The van der Waals surface area contributed by atoms with E-state index in [2.05, 4.69) is 14.8 Å². The minimum atomic E-state index is -3.60. The van der Waals surface area contributed by atoms with Gasteiger partial charge in [0.1, 0.15) is 0 Å². The molecule has 122 valence electrons. The van der Waals surface area contributed by atoms with Crippen molar-refractivity contribution >= 4 is 27.6 Å². The summed E-state index contributed by atoms with van der Waals surface area (Å²) < 4.78 is 31.2. The molecule has 0 fully saturated rings. The fraction of sp³-hybridized carbons (Fsp3) is 0.429. The molecule has 1 amide bonds. The van der Waals surface area contributed by atoms with Crippen LogP contribution in [0.2, 0.25) is 0 Å². The first-order chi connectivity index (χ1) is 10.3. The molecular weight excluding hydrogens is 308 g/mol. The van der Waals surface area contributed by atoms with Crippen molar-refractivity contribution in [3.63, 3.8) is 0 Å². The predicted octanol–water partition coefficient (Wildman–Crippen LogP) is 1.26. The number of sulfonamides is 1. The Labute approximate surface area is 130 Å². The molecule has 7 nitrogen and oxygen atoms in total. The van der Waals surface area contributed by atoms with Gasteiger partial charge in [0.2, 0.25) is 10.0 Å². The Hall–Kier alpha value is -1.93. The van der Waals surface area contributed by atoms with Crippen molar-refractivity contribution in [1.82, 2.24) is 4.72 Å². The summed E-state index contributed by atoms with van der Waals surface area (Å²) >= 11 is 0. The number of ether oxygens (including phenoxy) is 1. The molecule has 0 spiro atoms. The van der Waals surface area contributed by atoms with Crippen LogP contribution < -0.4 is 10.0 Å². The maximum Gasteiger partial charge on any atom is 0.397 e. The van der Waals surface area contributed by atoms with Gasteiger partial charge in [-0.3, -0.25) is 4.79 Å². The Morgan fingerprint density at radius 2 is 1.77 bits per heavy atom. The Kier molecular flexibility index (Phi) is 6.51. The molecule has 0 aromatic heterocycles. The van der Waals surface area contributed by atoms with Gasteiger partial charge in [-0.2, -0.15) is 0 Å². The fourth-order valence-electron chi connectivity index (χ4n) is 1.51. The Morgan fingerprint density at radius 3 is 2.27 bits per heavy atom. The average Bonchev–Trinajstić information content (AvgIpc) is 2.47. The van der Waals surface area contributed by atoms with Crippen LogP contribution in [-0.2, 0) is 24.3 Å². The number of nitrogens with one attached hydrogen (secondary N) is 2. The standard InChI is InChI=1S/C14H20N2O5S/c1-4-10(3)16-22(19,20)12-8-6-11(7-9-12)15-13(17)14(18)21-5-2/h6-10,16H,4-5H2,1-3H3,(H,15,17)/t10-/m0/s1. The van der Waals surface area contributed by atoms with Crippen LogP contribution in [0.3, 0.4) is 0 Å². The summed E-state index contributed by atoms with van der Waals surface area (Å²) in [6, 6.07) is 5.34. The summed E-state index contributed by atoms with van der Waals surface area (Å²) in [5, 5.41) is 2.33. The molecule has 2 N–H and O–H groups in total. The van der Waals surface area contributed by atoms with Gasteiger partial charge >= 0.3 is 11.9 Å². The molecule has 22 heavy (non-hydrogen) atoms. The van der Waals surface area contributed by atoms with Crippen LogP contribution in [0.25, 0.3) is 0 Å². The number of benzene rings is 1. The van der Waals surface area contributed by atoms with Gasteiger partial charge < -0.3 is 10.1 Å². The lowest BCUT2D eigenvalue weighted by molar-refractivity contribution is -0.152. The van der Waals surface area contributed by atoms with E-state index in [1.54, 1.807) is 13.8 Å². The molecule has 1 aromatic rings. The highest BCUT2D eigenvalue weighted by Gasteiger charge is 2.18. The summed E-state index contributed by atoms with van der Waals surface area (Å²) in [4.78, 5) is 22.7. The minimum Gasteiger partial charge on any atom is -0.459 e. The third-order valence-corrected chi connectivity index (χ3v) is 4.46. The van der Waals surface area contributed by atoms with Crippen molar-refractivity contribution in [3.8, 4) is 0 Å². The topological polar surface area (TPSA) is 102 Å². The fourth-order valence-corrected chi connectivity index (χ4v) is 2.84. The summed E-state index contributed by atoms with van der Waals surface area (Å²) in [6.07, 6.45) is 0.674. The van der Waals surface area contributed by atoms with Crippen LogP contribution in [0.5, 0.6) is 0 Å². The molecule has 0 saturated carbocycles. The minimum absolute atomic E-state index is 0.0851. The van der Waals surface area contributed by atoms with Gasteiger partial charge in [0, 0.05) is 11.7 Å². The second-order valence-corrected chi connectivity index (χ2v) is 6.34. The Bertz CT molecular complexity index is 625. The van der Waals surface area contributed by atoms with E-state index in [0.717, 1.165) is 0 Å². The van der Waals surface area contributed by atoms with Crippen LogP contribution in [0.1, 0.15) is 27.2 Å². The first kappa shape index (κ1) is 18.1. The lowest BCUT2D eigenvalue weighted by Gasteiger charge is -2.12. The van der Waals surface area contributed by atoms with Gasteiger partial charge in [-0.05, 0) is 44.5 Å². The third-order valence-electron chi connectivity index (χ3n) is 2.85. The van der Waals surface area contributed by atoms with E-state index in [4.69, 9.17) is 0 Å². The number of hydrogen-bond donors (Lipinski definition) is 2. The van der Waals surface area contributed by atoms with E-state index in [0.29, 0.717) is 12.1 Å². The molecule has 0 aliphatic carbocycles. The SMILES string of the molecule is CCOC(=O)C(=O)Nc1ccc(S(=O)(=O)N[C@@H](C)CC)cc1. The van der Waals surface area contributed by atoms with E-state index >= 15 is 0 Å². The van der Waals surface area contributed by atoms with Crippen LogP contribution in [0.4, 0.5) is 5.69 Å². The van der Waals surface area contributed by atoms with Crippen LogP contribution in [0.15, 0.2) is 29.2 Å². The average molecular weight is 328 g/mol. The zero-order chi connectivity index (χ0) is 16.8. The molecular formula is C14H20N2O5S. The first-order valence-electron chi connectivity index (χ1n) is 6.90. The number of amides is 1. The number of hydrogen-bond acceptors (Lipinski definition) is 5. The molecule has 8 heteroatoms. The molecule has 1 atom stereocenters. The van der Waals surface area contributed by atoms with Crippen LogP contribution in [0, 0.1) is 0 Å². The summed E-state index contributed by atoms with van der Waals surface area (Å²) in [7, 11) is -3.60. The molecule has 0 heterocycles. The first-order valence-corrected chi connectivity index (χ1v) is 8.39. The second-order valence-electron chi connectivity index (χ2n) is 4.63. The summed E-state index contributed by atoms with van der Waals surface area (Å²) in [6.45, 7) is 5.34. The smallest absolute Gasteiger partial charge is 0.397 e. The van der Waals surface area contributed by atoms with Crippen molar-refractivity contribution in [2.45, 2.75) is 38.1 Å². The normalized spacial score (nSPS) is 12.5. The van der Waals surface area contributed by atoms with Crippen molar-refractivity contribution < 1.29 is 22.7 Å². The molecule has 0 bridgehead atoms. The van der Waals surface area contributed by atoms with Crippen molar-refractivity contribution in [2.24, 2.45) is 0 Å². The van der Waals surface area contributed by atoms with Gasteiger partial charge in [0.25, 0.3) is 0 Å². The van der Waals surface area contributed by atoms with Crippen molar-refractivity contribution in [3.05, 3.63) is 24.3 Å². The van der Waals surface area contributed by atoms with Crippen molar-refractivity contribution in [1.29, 1.82) is 0 Å². The zero-order valence-electron chi connectivity index (χ0n) is 12.8. The number of esters is 1. The van der Waals surface area contributed by atoms with Gasteiger partial charge in [0.15, 0.2) is 0 Å². The number of carbonyl (C=O) groups is 2. The summed E-state index contributed by atoms with van der Waals surface area (Å²) in [5.41, 5.74) is 0.306. The van der Waals surface area contributed by atoms with E-state index in [9.17, 15) is 18.0 Å². The highest BCUT2D eigenvalue weighted by Crippen LogP contribution is 2.14. The zero-order valence-corrected chi connectivity index (χ0v) is 13.6. The maximum atomic E-state index is 12.1. The predicted molar refractivity (Wildman–Crippen MR) is 81.8 cm³/mol. The summed E-state index contributed by atoms with van der Waals surface area (Å²) in [5.74, 6) is -1.90. The van der Waals surface area contributed by atoms with E-state index < -0.39 is 21.9 Å². The highest BCUT2D eigenvalue weighted by molar-refractivity contribution is 7.89. The molecule has 0 aliphatic rings. The Balaban J connectivity index is 2.79. The number of rotatable bonds is 6. The van der Waals surface area contributed by atoms with E-state index in [1.165, 1.54) is 24.3 Å². The van der Waals surface area contributed by atoms with Crippen LogP contribution in [-0.4, -0.2) is 32.9 Å².